The molecule has 0 aromatic carbocycles. The van der Waals surface area contributed by atoms with E-state index in [4.69, 9.17) is 0 Å². The number of hydrogen-bond donors (Lipinski definition) is 1. The lowest BCUT2D eigenvalue weighted by molar-refractivity contribution is -0.122. The average molecular weight is 368 g/mol. The quantitative estimate of drug-likeness (QED) is 0.658. The molecule has 4 aliphatic carbocycles. The Bertz CT molecular complexity index is 684. The fourth-order valence-corrected chi connectivity index (χ4v) is 7.86. The van der Waals surface area contributed by atoms with Crippen molar-refractivity contribution < 1.29 is 4.79 Å². The molecule has 5 aliphatic rings. The number of nitrogens with one attached hydrogen (secondary N) is 1. The van der Waals surface area contributed by atoms with Crippen LogP contribution in [0.5, 0.6) is 0 Å². The van der Waals surface area contributed by atoms with Crippen LogP contribution in [0.1, 0.15) is 78.1 Å². The molecule has 0 amide bonds. The van der Waals surface area contributed by atoms with Crippen LogP contribution in [0.15, 0.2) is 23.3 Å². The van der Waals surface area contributed by atoms with Crippen molar-refractivity contribution in [2.75, 3.05) is 13.1 Å². The SMILES string of the molecule is C[C@]12CCC(=O)CC1=CC[C@@H]1[C@@H]2CC[C@]2(C)C(CC3CCCNC3)=CC[C@@H]12. The Morgan fingerprint density at radius 1 is 1.07 bits per heavy atom. The second kappa shape index (κ2) is 6.58. The van der Waals surface area contributed by atoms with E-state index in [1.54, 1.807) is 5.57 Å². The molecule has 1 heterocycles. The summed E-state index contributed by atoms with van der Waals surface area (Å²) in [6, 6.07) is 0. The van der Waals surface area contributed by atoms with E-state index < -0.39 is 0 Å². The van der Waals surface area contributed by atoms with Crippen molar-refractivity contribution in [3.63, 3.8) is 0 Å². The minimum absolute atomic E-state index is 0.314. The van der Waals surface area contributed by atoms with Crippen LogP contribution >= 0.6 is 0 Å². The molecule has 3 fully saturated rings. The molecule has 1 unspecified atom stereocenters. The number of hydrogen-bond acceptors (Lipinski definition) is 2. The fraction of sp³-hybridized carbons (Fsp3) is 0.800. The Hall–Kier alpha value is -0.890. The number of fused-ring (bicyclic) bond motifs is 5. The second-order valence-corrected chi connectivity index (χ2v) is 10.8. The Morgan fingerprint density at radius 3 is 2.78 bits per heavy atom. The summed E-state index contributed by atoms with van der Waals surface area (Å²) in [4.78, 5) is 12.0. The first kappa shape index (κ1) is 18.2. The smallest absolute Gasteiger partial charge is 0.136 e. The number of carbonyl (C=O) groups is 1. The van der Waals surface area contributed by atoms with Gasteiger partial charge in [0.1, 0.15) is 5.78 Å². The highest BCUT2D eigenvalue weighted by Crippen LogP contribution is 2.65. The molecule has 6 atom stereocenters. The van der Waals surface area contributed by atoms with E-state index >= 15 is 0 Å². The monoisotopic (exact) mass is 367 g/mol. The van der Waals surface area contributed by atoms with Gasteiger partial charge in [0.25, 0.3) is 0 Å². The zero-order chi connectivity index (χ0) is 18.6. The summed E-state index contributed by atoms with van der Waals surface area (Å²) >= 11 is 0. The highest BCUT2D eigenvalue weighted by Gasteiger charge is 2.56. The van der Waals surface area contributed by atoms with Crippen LogP contribution < -0.4 is 5.32 Å². The van der Waals surface area contributed by atoms with Gasteiger partial charge in [0.05, 0.1) is 0 Å². The third-order valence-electron chi connectivity index (χ3n) is 9.59. The van der Waals surface area contributed by atoms with Crippen LogP contribution in [0, 0.1) is 34.5 Å². The second-order valence-electron chi connectivity index (χ2n) is 10.8. The average Bonchev–Trinajstić information content (AvgIpc) is 3.00. The largest absolute Gasteiger partial charge is 0.316 e. The first-order valence-corrected chi connectivity index (χ1v) is 11.6. The molecule has 1 N–H and O–H groups in total. The van der Waals surface area contributed by atoms with Crippen LogP contribution in [-0.2, 0) is 4.79 Å². The van der Waals surface area contributed by atoms with Crippen molar-refractivity contribution in [2.24, 2.45) is 34.5 Å². The fourth-order valence-electron chi connectivity index (χ4n) is 7.86. The maximum absolute atomic E-state index is 12.0. The van der Waals surface area contributed by atoms with Gasteiger partial charge >= 0.3 is 0 Å². The van der Waals surface area contributed by atoms with Crippen LogP contribution in [0.2, 0.25) is 0 Å². The van der Waals surface area contributed by atoms with Crippen molar-refractivity contribution in [1.29, 1.82) is 0 Å². The van der Waals surface area contributed by atoms with Crippen molar-refractivity contribution in [3.8, 4) is 0 Å². The molecule has 0 radical (unpaired) electrons. The van der Waals surface area contributed by atoms with E-state index in [2.05, 4.69) is 31.3 Å². The van der Waals surface area contributed by atoms with Crippen LogP contribution in [0.4, 0.5) is 0 Å². The minimum atomic E-state index is 0.314. The van der Waals surface area contributed by atoms with E-state index in [1.165, 1.54) is 63.6 Å². The van der Waals surface area contributed by atoms with Crippen LogP contribution in [-0.4, -0.2) is 18.9 Å². The van der Waals surface area contributed by atoms with E-state index in [9.17, 15) is 4.79 Å². The minimum Gasteiger partial charge on any atom is -0.316 e. The lowest BCUT2D eigenvalue weighted by Gasteiger charge is -2.57. The van der Waals surface area contributed by atoms with Gasteiger partial charge < -0.3 is 5.32 Å². The summed E-state index contributed by atoms with van der Waals surface area (Å²) in [7, 11) is 0. The molecule has 2 nitrogen and oxygen atoms in total. The van der Waals surface area contributed by atoms with Crippen LogP contribution in [0.25, 0.3) is 0 Å². The van der Waals surface area contributed by atoms with Gasteiger partial charge in [0, 0.05) is 12.8 Å². The summed E-state index contributed by atoms with van der Waals surface area (Å²) in [5.41, 5.74) is 4.07. The maximum Gasteiger partial charge on any atom is 0.136 e. The summed E-state index contributed by atoms with van der Waals surface area (Å²) in [6.07, 6.45) is 17.2. The van der Waals surface area contributed by atoms with E-state index in [-0.39, 0.29) is 0 Å². The van der Waals surface area contributed by atoms with Gasteiger partial charge in [-0.15, -0.1) is 0 Å². The van der Waals surface area contributed by atoms with E-state index in [0.717, 1.165) is 42.9 Å². The predicted molar refractivity (Wildman–Crippen MR) is 110 cm³/mol. The first-order chi connectivity index (χ1) is 13.0. The standard InChI is InChI=1S/C25H37NO/c1-24-11-9-20(27)15-19(24)5-7-21-22-8-6-18(14-17-4-3-13-26-16-17)25(22,2)12-10-23(21)24/h5-6,17,21-23,26H,3-4,7-16H2,1-2H3/t17?,21-,22-,23-,24-,25+/m0/s1. The predicted octanol–water partition coefficient (Wildman–Crippen LogP) is 5.44. The highest BCUT2D eigenvalue weighted by atomic mass is 16.1. The molecule has 27 heavy (non-hydrogen) atoms. The molecule has 2 saturated carbocycles. The molecule has 0 aromatic rings. The normalized spacial score (nSPS) is 46.8. The highest BCUT2D eigenvalue weighted by molar-refractivity contribution is 5.82. The maximum atomic E-state index is 12.0. The van der Waals surface area contributed by atoms with Gasteiger partial charge in [0.2, 0.25) is 0 Å². The van der Waals surface area contributed by atoms with Crippen molar-refractivity contribution >= 4 is 5.78 Å². The Kier molecular flexibility index (Phi) is 4.42. The van der Waals surface area contributed by atoms with Crippen LogP contribution in [0.3, 0.4) is 0 Å². The van der Waals surface area contributed by atoms with E-state index in [1.807, 2.05) is 0 Å². The molecule has 1 saturated heterocycles. The van der Waals surface area contributed by atoms with Gasteiger partial charge in [-0.1, -0.05) is 37.1 Å². The van der Waals surface area contributed by atoms with Gasteiger partial charge in [0.15, 0.2) is 0 Å². The Labute approximate surface area is 165 Å². The Morgan fingerprint density at radius 2 is 1.96 bits per heavy atom. The summed E-state index contributed by atoms with van der Waals surface area (Å²) < 4.78 is 0. The molecular weight excluding hydrogens is 330 g/mol. The molecule has 0 bridgehead atoms. The van der Waals surface area contributed by atoms with Gasteiger partial charge in [-0.2, -0.15) is 0 Å². The zero-order valence-electron chi connectivity index (χ0n) is 17.4. The van der Waals surface area contributed by atoms with Crippen molar-refractivity contribution in [1.82, 2.24) is 5.32 Å². The van der Waals surface area contributed by atoms with Gasteiger partial charge in [-0.3, -0.25) is 4.79 Å². The molecule has 1 aliphatic heterocycles. The summed E-state index contributed by atoms with van der Waals surface area (Å²) in [5.74, 6) is 3.83. The topological polar surface area (TPSA) is 29.1 Å². The number of piperidine rings is 1. The lowest BCUT2D eigenvalue weighted by Crippen LogP contribution is -2.49. The number of rotatable bonds is 2. The Balaban J connectivity index is 1.37. The van der Waals surface area contributed by atoms with Gasteiger partial charge in [-0.25, -0.2) is 0 Å². The third-order valence-corrected chi connectivity index (χ3v) is 9.59. The third kappa shape index (κ3) is 2.81. The molecule has 0 spiro atoms. The molecule has 5 rings (SSSR count). The van der Waals surface area contributed by atoms with E-state index in [0.29, 0.717) is 16.6 Å². The molecule has 148 valence electrons. The first-order valence-electron chi connectivity index (χ1n) is 11.6. The zero-order valence-corrected chi connectivity index (χ0v) is 17.4. The molecular formula is C25H37NO. The van der Waals surface area contributed by atoms with Gasteiger partial charge in [-0.05, 0) is 99.0 Å². The summed E-state index contributed by atoms with van der Waals surface area (Å²) in [6.45, 7) is 7.55. The lowest BCUT2D eigenvalue weighted by atomic mass is 9.47. The number of allylic oxidation sites excluding steroid dienone is 4. The van der Waals surface area contributed by atoms with Crippen molar-refractivity contribution in [3.05, 3.63) is 23.3 Å². The number of ketones is 1. The summed E-state index contributed by atoms with van der Waals surface area (Å²) in [5, 5.41) is 3.62. The molecule has 0 aromatic heterocycles. The number of carbonyl (C=O) groups excluding carboxylic acids is 1. The number of Topliss-reactive ketones (excluding diaryl/α,β-unsaturated/α-hetero) is 1. The molecule has 2 heteroatoms. The van der Waals surface area contributed by atoms with Crippen molar-refractivity contribution in [2.45, 2.75) is 78.1 Å².